The van der Waals surface area contributed by atoms with Gasteiger partial charge >= 0.3 is 6.09 Å². The zero-order valence-corrected chi connectivity index (χ0v) is 7.69. The van der Waals surface area contributed by atoms with Crippen LogP contribution < -0.4 is 5.32 Å². The molecule has 1 atom stereocenters. The highest BCUT2D eigenvalue weighted by Gasteiger charge is 2.21. The lowest BCUT2D eigenvalue weighted by Crippen LogP contribution is -2.25. The third-order valence-electron chi connectivity index (χ3n) is 1.50. The van der Waals surface area contributed by atoms with Crippen LogP contribution in [-0.2, 0) is 4.74 Å². The number of nitrogens with one attached hydrogen (secondary N) is 1. The van der Waals surface area contributed by atoms with Gasteiger partial charge in [-0.1, -0.05) is 22.5 Å². The van der Waals surface area contributed by atoms with Crippen molar-refractivity contribution in [3.05, 3.63) is 11.1 Å². The van der Waals surface area contributed by atoms with E-state index in [2.05, 4.69) is 27.8 Å². The number of amides is 1. The van der Waals surface area contributed by atoms with Crippen LogP contribution >= 0.6 is 15.9 Å². The fourth-order valence-electron chi connectivity index (χ4n) is 0.913. The maximum Gasteiger partial charge on any atom is 0.407 e. The number of carbonyl (C=O) groups is 1. The molecule has 1 amide bonds. The van der Waals surface area contributed by atoms with Crippen molar-refractivity contribution >= 4 is 22.0 Å². The van der Waals surface area contributed by atoms with Crippen molar-refractivity contribution in [2.45, 2.75) is 18.9 Å². The molecule has 0 saturated carbocycles. The van der Waals surface area contributed by atoms with E-state index in [0.717, 1.165) is 17.3 Å². The molecule has 1 heterocycles. The molecule has 1 aliphatic heterocycles. The van der Waals surface area contributed by atoms with Crippen LogP contribution in [0.4, 0.5) is 4.79 Å². The molecule has 3 nitrogen and oxygen atoms in total. The summed E-state index contributed by atoms with van der Waals surface area (Å²) in [7, 11) is 0. The van der Waals surface area contributed by atoms with E-state index >= 15 is 0 Å². The van der Waals surface area contributed by atoms with Gasteiger partial charge in [0.05, 0.1) is 6.04 Å². The van der Waals surface area contributed by atoms with Gasteiger partial charge in [-0.15, -0.1) is 0 Å². The Hall–Kier alpha value is -0.510. The Morgan fingerprint density at radius 3 is 3.09 bits per heavy atom. The van der Waals surface area contributed by atoms with Gasteiger partial charge in [0, 0.05) is 0 Å². The van der Waals surface area contributed by atoms with Crippen LogP contribution in [-0.4, -0.2) is 18.7 Å². The standard InChI is InChI=1S/C7H10BrNO2/c1-5(8)2-3-6-4-11-7(10)9-6/h6H,1-4H2,(H,9,10). The van der Waals surface area contributed by atoms with E-state index in [4.69, 9.17) is 4.74 Å². The van der Waals surface area contributed by atoms with Gasteiger partial charge in [0.1, 0.15) is 6.61 Å². The Labute approximate surface area is 73.9 Å². The molecule has 0 aliphatic carbocycles. The number of hydrogen-bond acceptors (Lipinski definition) is 2. The topological polar surface area (TPSA) is 38.3 Å². The van der Waals surface area contributed by atoms with E-state index in [1.165, 1.54) is 0 Å². The number of allylic oxidation sites excluding steroid dienone is 1. The minimum absolute atomic E-state index is 0.164. The SMILES string of the molecule is C=C(Br)CCC1COC(=O)N1. The Balaban J connectivity index is 2.18. The molecule has 1 fully saturated rings. The Morgan fingerprint density at radius 1 is 1.91 bits per heavy atom. The molecule has 1 aliphatic rings. The average Bonchev–Trinajstić information content (AvgIpc) is 2.31. The number of carbonyl (C=O) groups excluding carboxylic acids is 1. The maximum absolute atomic E-state index is 10.5. The predicted octanol–water partition coefficient (Wildman–Crippen LogP) is 1.78. The molecule has 11 heavy (non-hydrogen) atoms. The van der Waals surface area contributed by atoms with Gasteiger partial charge in [0.2, 0.25) is 0 Å². The Kier molecular flexibility index (Phi) is 2.93. The highest BCUT2D eigenvalue weighted by molar-refractivity contribution is 9.11. The first-order chi connectivity index (χ1) is 5.18. The van der Waals surface area contributed by atoms with Gasteiger partial charge in [-0.2, -0.15) is 0 Å². The van der Waals surface area contributed by atoms with Gasteiger partial charge in [0.15, 0.2) is 0 Å². The van der Waals surface area contributed by atoms with Crippen LogP contribution in [0.15, 0.2) is 11.1 Å². The second kappa shape index (κ2) is 3.76. The summed E-state index contributed by atoms with van der Waals surface area (Å²) in [6, 6.07) is 0.164. The largest absolute Gasteiger partial charge is 0.447 e. The molecule has 0 aromatic carbocycles. The minimum Gasteiger partial charge on any atom is -0.447 e. The molecule has 1 rings (SSSR count). The molecule has 1 unspecified atom stereocenters. The Morgan fingerprint density at radius 2 is 2.64 bits per heavy atom. The lowest BCUT2D eigenvalue weighted by molar-refractivity contribution is 0.176. The summed E-state index contributed by atoms with van der Waals surface area (Å²) in [5.74, 6) is 0. The van der Waals surface area contributed by atoms with Crippen LogP contribution in [0, 0.1) is 0 Å². The molecular formula is C7H10BrNO2. The van der Waals surface area contributed by atoms with E-state index in [-0.39, 0.29) is 12.1 Å². The fourth-order valence-corrected chi connectivity index (χ4v) is 1.14. The second-order valence-electron chi connectivity index (χ2n) is 2.50. The zero-order valence-electron chi connectivity index (χ0n) is 6.10. The van der Waals surface area contributed by atoms with Crippen LogP contribution in [0.1, 0.15) is 12.8 Å². The smallest absolute Gasteiger partial charge is 0.407 e. The van der Waals surface area contributed by atoms with Crippen molar-refractivity contribution in [2.75, 3.05) is 6.61 Å². The quantitative estimate of drug-likeness (QED) is 0.787. The van der Waals surface area contributed by atoms with E-state index in [0.29, 0.717) is 6.61 Å². The predicted molar refractivity (Wildman–Crippen MR) is 45.6 cm³/mol. The summed E-state index contributed by atoms with van der Waals surface area (Å²) < 4.78 is 5.66. The van der Waals surface area contributed by atoms with Crippen LogP contribution in [0.3, 0.4) is 0 Å². The highest BCUT2D eigenvalue weighted by Crippen LogP contribution is 2.13. The van der Waals surface area contributed by atoms with Gasteiger partial charge in [-0.3, -0.25) is 0 Å². The van der Waals surface area contributed by atoms with Crippen LogP contribution in [0.25, 0.3) is 0 Å². The van der Waals surface area contributed by atoms with E-state index in [1.54, 1.807) is 0 Å². The fraction of sp³-hybridized carbons (Fsp3) is 0.571. The summed E-state index contributed by atoms with van der Waals surface area (Å²) in [5, 5.41) is 2.69. The summed E-state index contributed by atoms with van der Waals surface area (Å²) >= 11 is 3.25. The first-order valence-corrected chi connectivity index (χ1v) is 4.24. The van der Waals surface area contributed by atoms with E-state index in [9.17, 15) is 4.79 Å². The van der Waals surface area contributed by atoms with Gasteiger partial charge < -0.3 is 10.1 Å². The molecule has 1 saturated heterocycles. The third kappa shape index (κ3) is 2.93. The van der Waals surface area contributed by atoms with Crippen molar-refractivity contribution in [1.82, 2.24) is 5.32 Å². The maximum atomic E-state index is 10.5. The first-order valence-electron chi connectivity index (χ1n) is 3.45. The molecule has 0 aromatic heterocycles. The lowest BCUT2D eigenvalue weighted by Gasteiger charge is -2.04. The molecular weight excluding hydrogens is 210 g/mol. The molecule has 0 bridgehead atoms. The summed E-state index contributed by atoms with van der Waals surface area (Å²) in [4.78, 5) is 10.5. The molecule has 1 N–H and O–H groups in total. The molecule has 0 aromatic rings. The minimum atomic E-state index is -0.310. The highest BCUT2D eigenvalue weighted by atomic mass is 79.9. The molecule has 4 heteroatoms. The van der Waals surface area contributed by atoms with E-state index < -0.39 is 0 Å². The lowest BCUT2D eigenvalue weighted by atomic mass is 10.2. The number of alkyl carbamates (subject to hydrolysis) is 1. The monoisotopic (exact) mass is 219 g/mol. The first kappa shape index (κ1) is 8.59. The van der Waals surface area contributed by atoms with Crippen molar-refractivity contribution in [1.29, 1.82) is 0 Å². The second-order valence-corrected chi connectivity index (χ2v) is 3.62. The third-order valence-corrected chi connectivity index (χ3v) is 1.90. The molecule has 0 radical (unpaired) electrons. The number of cyclic esters (lactones) is 1. The van der Waals surface area contributed by atoms with Gasteiger partial charge in [-0.25, -0.2) is 4.79 Å². The summed E-state index contributed by atoms with van der Waals surface area (Å²) in [5.41, 5.74) is 0. The zero-order chi connectivity index (χ0) is 8.27. The van der Waals surface area contributed by atoms with Crippen LogP contribution in [0.5, 0.6) is 0 Å². The van der Waals surface area contributed by atoms with Crippen molar-refractivity contribution < 1.29 is 9.53 Å². The van der Waals surface area contributed by atoms with Crippen molar-refractivity contribution in [3.63, 3.8) is 0 Å². The Bertz CT molecular complexity index is 181. The number of hydrogen-bond donors (Lipinski definition) is 1. The van der Waals surface area contributed by atoms with E-state index in [1.807, 2.05) is 0 Å². The molecule has 62 valence electrons. The van der Waals surface area contributed by atoms with Crippen LogP contribution in [0.2, 0.25) is 0 Å². The molecule has 0 spiro atoms. The number of halogens is 1. The summed E-state index contributed by atoms with van der Waals surface area (Å²) in [6.45, 7) is 4.18. The number of ether oxygens (including phenoxy) is 1. The van der Waals surface area contributed by atoms with Crippen molar-refractivity contribution in [2.24, 2.45) is 0 Å². The average molecular weight is 220 g/mol. The summed E-state index contributed by atoms with van der Waals surface area (Å²) in [6.07, 6.45) is 1.44. The normalized spacial score (nSPS) is 22.6. The van der Waals surface area contributed by atoms with Gasteiger partial charge in [0.25, 0.3) is 0 Å². The van der Waals surface area contributed by atoms with Crippen molar-refractivity contribution in [3.8, 4) is 0 Å². The number of rotatable bonds is 3. The van der Waals surface area contributed by atoms with Gasteiger partial charge in [-0.05, 0) is 17.3 Å².